The van der Waals surface area contributed by atoms with Crippen LogP contribution >= 0.6 is 11.6 Å². The van der Waals surface area contributed by atoms with Gasteiger partial charge in [-0.15, -0.1) is 0 Å². The van der Waals surface area contributed by atoms with E-state index in [9.17, 15) is 36.6 Å². The van der Waals surface area contributed by atoms with Crippen LogP contribution in [-0.2, 0) is 9.84 Å². The summed E-state index contributed by atoms with van der Waals surface area (Å²) in [6.07, 6.45) is 0.555. The van der Waals surface area contributed by atoms with Crippen LogP contribution in [0.1, 0.15) is 47.8 Å². The van der Waals surface area contributed by atoms with Crippen molar-refractivity contribution in [1.82, 2.24) is 4.98 Å². The number of benzene rings is 2. The van der Waals surface area contributed by atoms with Gasteiger partial charge >= 0.3 is 0 Å². The molecule has 39 heavy (non-hydrogen) atoms. The van der Waals surface area contributed by atoms with Gasteiger partial charge in [0.05, 0.1) is 27.1 Å². The molecule has 2 aromatic carbocycles. The zero-order valence-corrected chi connectivity index (χ0v) is 21.9. The molecular weight excluding hydrogens is 557 g/mol. The molecule has 1 aromatic heterocycles. The first kappa shape index (κ1) is 27.6. The Morgan fingerprint density at radius 2 is 1.72 bits per heavy atom. The van der Waals surface area contributed by atoms with Crippen molar-refractivity contribution in [3.63, 3.8) is 0 Å². The smallest absolute Gasteiger partial charge is 0.255 e. The fourth-order valence-electron chi connectivity index (χ4n) is 5.85. The lowest BCUT2D eigenvalue weighted by Gasteiger charge is -2.45. The van der Waals surface area contributed by atoms with Gasteiger partial charge in [0.2, 0.25) is 0 Å². The van der Waals surface area contributed by atoms with Crippen molar-refractivity contribution in [2.24, 2.45) is 11.8 Å². The SMILES string of the molecule is O=C(Nc1ccc(F)c(F)c1)c1ccc(Cl)c(S(=O)(=O)[C@@H]2C[C@H]3CC[C@@H](C2)[C@@]3(O)C(O)c2ccc(F)cn2)c1. The number of pyridine rings is 1. The molecule has 0 saturated heterocycles. The number of nitrogens with zero attached hydrogens (tertiary/aromatic N) is 1. The number of carbonyl (C=O) groups excluding carboxylic acids is 1. The third-order valence-electron chi connectivity index (χ3n) is 7.85. The Bertz CT molecular complexity index is 1520. The maximum Gasteiger partial charge on any atom is 0.255 e. The molecule has 206 valence electrons. The minimum Gasteiger partial charge on any atom is -0.386 e. The van der Waals surface area contributed by atoms with Gasteiger partial charge in [0.25, 0.3) is 5.91 Å². The van der Waals surface area contributed by atoms with Crippen LogP contribution in [0.25, 0.3) is 0 Å². The third-order valence-corrected chi connectivity index (χ3v) is 10.5. The zero-order valence-electron chi connectivity index (χ0n) is 20.3. The van der Waals surface area contributed by atoms with Crippen molar-refractivity contribution in [3.05, 3.63) is 88.5 Å². The van der Waals surface area contributed by atoms with Crippen molar-refractivity contribution in [1.29, 1.82) is 0 Å². The summed E-state index contributed by atoms with van der Waals surface area (Å²) < 4.78 is 67.5. The molecule has 3 N–H and O–H groups in total. The highest BCUT2D eigenvalue weighted by molar-refractivity contribution is 7.92. The minimum absolute atomic E-state index is 0.0180. The second-order valence-electron chi connectivity index (χ2n) is 10.0. The molecule has 0 aliphatic heterocycles. The first-order chi connectivity index (χ1) is 18.4. The Kier molecular flexibility index (Phi) is 7.21. The minimum atomic E-state index is -4.09. The van der Waals surface area contributed by atoms with Crippen LogP contribution in [0.15, 0.2) is 59.6 Å². The lowest BCUT2D eigenvalue weighted by Crippen LogP contribution is -2.52. The van der Waals surface area contributed by atoms with Crippen LogP contribution in [0.4, 0.5) is 18.9 Å². The van der Waals surface area contributed by atoms with E-state index in [1.807, 2.05) is 0 Å². The van der Waals surface area contributed by atoms with Crippen LogP contribution in [-0.4, -0.2) is 40.4 Å². The zero-order chi connectivity index (χ0) is 28.1. The molecule has 5 atom stereocenters. The van der Waals surface area contributed by atoms with Gasteiger partial charge in [0.15, 0.2) is 21.5 Å². The summed E-state index contributed by atoms with van der Waals surface area (Å²) in [7, 11) is -4.09. The fourth-order valence-corrected chi connectivity index (χ4v) is 8.25. The van der Waals surface area contributed by atoms with Crippen LogP contribution in [0.3, 0.4) is 0 Å². The van der Waals surface area contributed by atoms with Crippen molar-refractivity contribution in [3.8, 4) is 0 Å². The van der Waals surface area contributed by atoms with E-state index in [1.54, 1.807) is 0 Å². The summed E-state index contributed by atoms with van der Waals surface area (Å²) in [5.74, 6) is -4.72. The summed E-state index contributed by atoms with van der Waals surface area (Å²) >= 11 is 6.26. The first-order valence-electron chi connectivity index (χ1n) is 12.2. The molecular formula is C27H24ClF3N2O5S. The lowest BCUT2D eigenvalue weighted by molar-refractivity contribution is -0.145. The predicted molar refractivity (Wildman–Crippen MR) is 136 cm³/mol. The van der Waals surface area contributed by atoms with Gasteiger partial charge in [-0.3, -0.25) is 9.78 Å². The maximum absolute atomic E-state index is 13.7. The van der Waals surface area contributed by atoms with Crippen molar-refractivity contribution < 1.29 is 36.6 Å². The number of aromatic nitrogens is 1. The van der Waals surface area contributed by atoms with Gasteiger partial charge < -0.3 is 15.5 Å². The van der Waals surface area contributed by atoms with Gasteiger partial charge in [0.1, 0.15) is 17.5 Å². The molecule has 12 heteroatoms. The van der Waals surface area contributed by atoms with E-state index in [2.05, 4.69) is 10.3 Å². The van der Waals surface area contributed by atoms with Gasteiger partial charge in [-0.25, -0.2) is 21.6 Å². The summed E-state index contributed by atoms with van der Waals surface area (Å²) in [5, 5.41) is 23.9. The number of amides is 1. The van der Waals surface area contributed by atoms with Gasteiger partial charge in [0, 0.05) is 17.3 Å². The number of anilines is 1. The molecule has 0 spiro atoms. The maximum atomic E-state index is 13.7. The van der Waals surface area contributed by atoms with Crippen molar-refractivity contribution >= 4 is 33.0 Å². The number of aliphatic hydroxyl groups is 2. The molecule has 2 bridgehead atoms. The number of carbonyl (C=O) groups is 1. The highest BCUT2D eigenvalue weighted by atomic mass is 35.5. The summed E-state index contributed by atoms with van der Waals surface area (Å²) in [5.41, 5.74) is -1.61. The number of nitrogens with one attached hydrogen (secondary N) is 1. The normalized spacial score (nSPS) is 25.3. The number of sulfone groups is 1. The highest BCUT2D eigenvalue weighted by Crippen LogP contribution is 2.56. The summed E-state index contributed by atoms with van der Waals surface area (Å²) in [6, 6.07) is 8.95. The predicted octanol–water partition coefficient (Wildman–Crippen LogP) is 4.83. The molecule has 2 aliphatic carbocycles. The van der Waals surface area contributed by atoms with E-state index in [4.69, 9.17) is 11.6 Å². The molecule has 2 saturated carbocycles. The fraction of sp³-hybridized carbons (Fsp3) is 0.333. The van der Waals surface area contributed by atoms with E-state index in [-0.39, 0.29) is 39.7 Å². The highest BCUT2D eigenvalue weighted by Gasteiger charge is 2.59. The molecule has 1 amide bonds. The Balaban J connectivity index is 1.38. The molecule has 2 aliphatic rings. The number of hydrogen-bond acceptors (Lipinski definition) is 6. The third kappa shape index (κ3) is 4.93. The Hall–Kier alpha value is -2.99. The molecule has 1 heterocycles. The molecule has 5 rings (SSSR count). The van der Waals surface area contributed by atoms with Crippen LogP contribution in [0.5, 0.6) is 0 Å². The topological polar surface area (TPSA) is 117 Å². The van der Waals surface area contributed by atoms with Gasteiger partial charge in [-0.2, -0.15) is 0 Å². The number of halogens is 4. The number of fused-ring (bicyclic) bond motifs is 2. The van der Waals surface area contributed by atoms with Crippen molar-refractivity contribution in [2.75, 3.05) is 5.32 Å². The standard InChI is InChI=1S/C27H24ClF3N2O5S/c28-20-6-1-14(26(35)33-18-5-7-21(30)22(31)12-18)9-24(20)39(37,38)19-10-15-2-3-16(11-19)27(15,36)25(34)23-8-4-17(29)13-32-23/h1,4-9,12-13,15-16,19,25,34,36H,2-3,10-11H2,(H,33,35)/t15-,16+,19-,25?,27-. The number of aliphatic hydroxyl groups excluding tert-OH is 1. The van der Waals surface area contributed by atoms with Crippen LogP contribution in [0, 0.1) is 29.3 Å². The van der Waals surface area contributed by atoms with Gasteiger partial charge in [-0.1, -0.05) is 11.6 Å². The summed E-state index contributed by atoms with van der Waals surface area (Å²) in [6.45, 7) is 0. The second kappa shape index (κ2) is 10.2. The van der Waals surface area contributed by atoms with Crippen LogP contribution < -0.4 is 5.32 Å². The van der Waals surface area contributed by atoms with E-state index in [0.29, 0.717) is 12.8 Å². The first-order valence-corrected chi connectivity index (χ1v) is 14.2. The van der Waals surface area contributed by atoms with E-state index >= 15 is 0 Å². The number of hydrogen-bond donors (Lipinski definition) is 3. The molecule has 0 radical (unpaired) electrons. The van der Waals surface area contributed by atoms with Crippen LogP contribution in [0.2, 0.25) is 5.02 Å². The quantitative estimate of drug-likeness (QED) is 0.384. The van der Waals surface area contributed by atoms with E-state index in [1.165, 1.54) is 24.3 Å². The largest absolute Gasteiger partial charge is 0.386 e. The molecule has 1 unspecified atom stereocenters. The van der Waals surface area contributed by atoms with E-state index < -0.39 is 62.0 Å². The van der Waals surface area contributed by atoms with Crippen molar-refractivity contribution in [2.45, 2.75) is 47.5 Å². The Morgan fingerprint density at radius 3 is 2.33 bits per heavy atom. The number of rotatable bonds is 6. The monoisotopic (exact) mass is 580 g/mol. The molecule has 7 nitrogen and oxygen atoms in total. The lowest BCUT2D eigenvalue weighted by atomic mass is 9.70. The Morgan fingerprint density at radius 1 is 1.03 bits per heavy atom. The average Bonchev–Trinajstić information content (AvgIpc) is 3.06. The second-order valence-corrected chi connectivity index (χ2v) is 12.6. The molecule has 2 fully saturated rings. The average molecular weight is 581 g/mol. The van der Waals surface area contributed by atoms with E-state index in [0.717, 1.165) is 30.5 Å². The molecule has 3 aromatic rings. The Labute approximate surface area is 227 Å². The summed E-state index contributed by atoms with van der Waals surface area (Å²) in [4.78, 5) is 16.4. The van der Waals surface area contributed by atoms with Gasteiger partial charge in [-0.05, 0) is 80.0 Å².